The van der Waals surface area contributed by atoms with Gasteiger partial charge in [-0.25, -0.2) is 9.59 Å². The molecule has 3 aromatic rings. The summed E-state index contributed by atoms with van der Waals surface area (Å²) in [6, 6.07) is 24.2. The second-order valence-electron chi connectivity index (χ2n) is 10.4. The lowest BCUT2D eigenvalue weighted by atomic mass is 9.91. The van der Waals surface area contributed by atoms with Crippen LogP contribution in [0.15, 0.2) is 78.9 Å². The molecule has 3 aromatic carbocycles. The molecule has 0 saturated heterocycles. The maximum atomic E-state index is 13.0. The van der Waals surface area contributed by atoms with Crippen LogP contribution in [-0.4, -0.2) is 48.4 Å². The van der Waals surface area contributed by atoms with Crippen LogP contribution in [0.3, 0.4) is 0 Å². The number of nitrogens with one attached hydrogen (secondary N) is 2. The second-order valence-corrected chi connectivity index (χ2v) is 10.4. The SMILES string of the molecule is C[C@@H](OCc1ccccc1)[C@H](NC(=O)C(C)(C)CNC(=O)OCC1c2ccccc2-c2ccccc21)C(=O)O. The van der Waals surface area contributed by atoms with Crippen molar-refractivity contribution in [1.82, 2.24) is 10.6 Å². The Balaban J connectivity index is 1.29. The molecule has 2 amide bonds. The molecule has 8 nitrogen and oxygen atoms in total. The van der Waals surface area contributed by atoms with Crippen molar-refractivity contribution in [2.45, 2.75) is 45.4 Å². The second kappa shape index (κ2) is 12.1. The Kier molecular flexibility index (Phi) is 8.66. The molecule has 1 aliphatic carbocycles. The van der Waals surface area contributed by atoms with Gasteiger partial charge in [0.1, 0.15) is 6.61 Å². The molecular formula is C31H34N2O6. The van der Waals surface area contributed by atoms with E-state index in [0.29, 0.717) is 0 Å². The number of hydrogen-bond donors (Lipinski definition) is 3. The zero-order valence-corrected chi connectivity index (χ0v) is 22.3. The number of rotatable bonds is 11. The Hall–Kier alpha value is -4.17. The minimum atomic E-state index is -1.25. The van der Waals surface area contributed by atoms with Gasteiger partial charge in [-0.3, -0.25) is 4.79 Å². The topological polar surface area (TPSA) is 114 Å². The van der Waals surface area contributed by atoms with Crippen molar-refractivity contribution in [2.75, 3.05) is 13.2 Å². The molecule has 8 heteroatoms. The Morgan fingerprint density at radius 1 is 0.897 bits per heavy atom. The third-order valence-electron chi connectivity index (χ3n) is 7.01. The van der Waals surface area contributed by atoms with Gasteiger partial charge < -0.3 is 25.2 Å². The molecule has 0 bridgehead atoms. The first-order chi connectivity index (χ1) is 18.7. The summed E-state index contributed by atoms with van der Waals surface area (Å²) in [4.78, 5) is 37.4. The molecule has 0 aliphatic heterocycles. The van der Waals surface area contributed by atoms with Crippen molar-refractivity contribution in [2.24, 2.45) is 5.41 Å². The first kappa shape index (κ1) is 27.9. The van der Waals surface area contributed by atoms with Gasteiger partial charge in [-0.1, -0.05) is 78.9 Å². The molecule has 39 heavy (non-hydrogen) atoms. The molecular weight excluding hydrogens is 496 g/mol. The number of carbonyl (C=O) groups is 3. The molecule has 0 radical (unpaired) electrons. The molecule has 2 atom stereocenters. The average molecular weight is 531 g/mol. The number of hydrogen-bond acceptors (Lipinski definition) is 5. The molecule has 3 N–H and O–H groups in total. The number of carboxylic acid groups (broad SMARTS) is 1. The number of ether oxygens (including phenoxy) is 2. The van der Waals surface area contributed by atoms with E-state index in [1.54, 1.807) is 20.8 Å². The van der Waals surface area contributed by atoms with Crippen LogP contribution in [0, 0.1) is 5.41 Å². The van der Waals surface area contributed by atoms with Gasteiger partial charge in [-0.2, -0.15) is 0 Å². The highest BCUT2D eigenvalue weighted by Gasteiger charge is 2.35. The van der Waals surface area contributed by atoms with Crippen LogP contribution in [0.1, 0.15) is 43.4 Å². The molecule has 204 valence electrons. The summed E-state index contributed by atoms with van der Waals surface area (Å²) in [6.07, 6.45) is -1.43. The summed E-state index contributed by atoms with van der Waals surface area (Å²) in [7, 11) is 0. The number of carboxylic acids is 1. The van der Waals surface area contributed by atoms with Gasteiger partial charge in [-0.15, -0.1) is 0 Å². The van der Waals surface area contributed by atoms with Crippen molar-refractivity contribution in [3.63, 3.8) is 0 Å². The molecule has 0 spiro atoms. The van der Waals surface area contributed by atoms with Crippen molar-refractivity contribution < 1.29 is 29.0 Å². The molecule has 0 fully saturated rings. The summed E-state index contributed by atoms with van der Waals surface area (Å²) >= 11 is 0. The van der Waals surface area contributed by atoms with Crippen LogP contribution in [-0.2, 0) is 25.7 Å². The highest BCUT2D eigenvalue weighted by molar-refractivity contribution is 5.88. The summed E-state index contributed by atoms with van der Waals surface area (Å²) in [5, 5.41) is 14.9. The number of carbonyl (C=O) groups excluding carboxylic acids is 2. The largest absolute Gasteiger partial charge is 0.480 e. The van der Waals surface area contributed by atoms with E-state index >= 15 is 0 Å². The highest BCUT2D eigenvalue weighted by atomic mass is 16.5. The van der Waals surface area contributed by atoms with E-state index in [1.807, 2.05) is 66.7 Å². The predicted octanol–water partition coefficient (Wildman–Crippen LogP) is 4.73. The lowest BCUT2D eigenvalue weighted by Gasteiger charge is -2.28. The van der Waals surface area contributed by atoms with Gasteiger partial charge in [0.2, 0.25) is 5.91 Å². The molecule has 0 unspecified atom stereocenters. The highest BCUT2D eigenvalue weighted by Crippen LogP contribution is 2.44. The van der Waals surface area contributed by atoms with E-state index in [-0.39, 0.29) is 25.7 Å². The number of alkyl carbamates (subject to hydrolysis) is 1. The van der Waals surface area contributed by atoms with Crippen molar-refractivity contribution >= 4 is 18.0 Å². The molecule has 1 aliphatic rings. The van der Waals surface area contributed by atoms with Crippen molar-refractivity contribution in [3.8, 4) is 11.1 Å². The van der Waals surface area contributed by atoms with Gasteiger partial charge in [0.15, 0.2) is 6.04 Å². The number of benzene rings is 3. The fourth-order valence-electron chi connectivity index (χ4n) is 4.64. The smallest absolute Gasteiger partial charge is 0.407 e. The molecule has 0 saturated carbocycles. The van der Waals surface area contributed by atoms with E-state index in [0.717, 1.165) is 27.8 Å². The van der Waals surface area contributed by atoms with Gasteiger partial charge in [0.25, 0.3) is 0 Å². The number of fused-ring (bicyclic) bond motifs is 3. The Morgan fingerprint density at radius 3 is 2.05 bits per heavy atom. The first-order valence-electron chi connectivity index (χ1n) is 13.0. The van der Waals surface area contributed by atoms with Gasteiger partial charge in [-0.05, 0) is 48.6 Å². The van der Waals surface area contributed by atoms with Crippen LogP contribution < -0.4 is 10.6 Å². The predicted molar refractivity (Wildman–Crippen MR) is 147 cm³/mol. The van der Waals surface area contributed by atoms with Crippen LogP contribution in [0.2, 0.25) is 0 Å². The summed E-state index contributed by atoms with van der Waals surface area (Å²) in [6.45, 7) is 5.18. The Labute approximate surface area is 228 Å². The van der Waals surface area contributed by atoms with E-state index < -0.39 is 35.5 Å². The van der Waals surface area contributed by atoms with E-state index in [4.69, 9.17) is 9.47 Å². The fourth-order valence-corrected chi connectivity index (χ4v) is 4.64. The average Bonchev–Trinajstić information content (AvgIpc) is 3.26. The standard InChI is InChI=1S/C31H34N2O6/c1-20(38-17-21-11-5-4-6-12-21)27(28(34)35)33-29(36)31(2,3)19-32-30(37)39-18-26-24-15-9-7-13-22(24)23-14-8-10-16-25(23)26/h4-16,20,26-27H,17-19H2,1-3H3,(H,32,37)(H,33,36)(H,34,35)/t20-,27+/m1/s1. The monoisotopic (exact) mass is 530 g/mol. The third kappa shape index (κ3) is 6.64. The zero-order chi connectivity index (χ0) is 28.0. The number of amides is 2. The maximum absolute atomic E-state index is 13.0. The number of aliphatic carboxylic acids is 1. The van der Waals surface area contributed by atoms with Crippen LogP contribution >= 0.6 is 0 Å². The minimum Gasteiger partial charge on any atom is -0.480 e. The lowest BCUT2D eigenvalue weighted by molar-refractivity contribution is -0.148. The normalized spacial score (nSPS) is 14.0. The molecule has 4 rings (SSSR count). The quantitative estimate of drug-likeness (QED) is 0.330. The van der Waals surface area contributed by atoms with E-state index in [9.17, 15) is 19.5 Å². The minimum absolute atomic E-state index is 0.0406. The Morgan fingerprint density at radius 2 is 1.46 bits per heavy atom. The zero-order valence-electron chi connectivity index (χ0n) is 22.3. The summed E-state index contributed by atoms with van der Waals surface area (Å²) in [5.74, 6) is -1.80. The molecule has 0 heterocycles. The van der Waals surface area contributed by atoms with E-state index in [2.05, 4.69) is 22.8 Å². The van der Waals surface area contributed by atoms with Crippen LogP contribution in [0.5, 0.6) is 0 Å². The maximum Gasteiger partial charge on any atom is 0.407 e. The third-order valence-corrected chi connectivity index (χ3v) is 7.01. The lowest BCUT2D eigenvalue weighted by Crippen LogP contribution is -2.54. The van der Waals surface area contributed by atoms with Gasteiger partial charge in [0, 0.05) is 12.5 Å². The van der Waals surface area contributed by atoms with E-state index in [1.165, 1.54) is 0 Å². The summed E-state index contributed by atoms with van der Waals surface area (Å²) < 4.78 is 11.3. The van der Waals surface area contributed by atoms with Gasteiger partial charge in [0.05, 0.1) is 18.1 Å². The fraction of sp³-hybridized carbons (Fsp3) is 0.323. The summed E-state index contributed by atoms with van der Waals surface area (Å²) in [5.41, 5.74) is 4.28. The van der Waals surface area contributed by atoms with Crippen molar-refractivity contribution in [3.05, 3.63) is 95.6 Å². The van der Waals surface area contributed by atoms with Crippen LogP contribution in [0.4, 0.5) is 4.79 Å². The Bertz CT molecular complexity index is 1280. The molecule has 0 aromatic heterocycles. The van der Waals surface area contributed by atoms with Crippen molar-refractivity contribution in [1.29, 1.82) is 0 Å². The van der Waals surface area contributed by atoms with Crippen LogP contribution in [0.25, 0.3) is 11.1 Å². The first-order valence-corrected chi connectivity index (χ1v) is 13.0. The van der Waals surface area contributed by atoms with Gasteiger partial charge >= 0.3 is 12.1 Å².